The second-order valence-electron chi connectivity index (χ2n) is 4.40. The number of aromatic carboxylic acids is 1. The summed E-state index contributed by atoms with van der Waals surface area (Å²) in [5.74, 6) is -1.01. The molecule has 0 unspecified atom stereocenters. The van der Waals surface area contributed by atoms with Gasteiger partial charge in [0.25, 0.3) is 0 Å². The van der Waals surface area contributed by atoms with Gasteiger partial charge in [0.2, 0.25) is 0 Å². The summed E-state index contributed by atoms with van der Waals surface area (Å²) >= 11 is 5.98. The molecule has 0 aliphatic rings. The van der Waals surface area contributed by atoms with Crippen LogP contribution >= 0.6 is 11.6 Å². The molecule has 0 spiro atoms. The Labute approximate surface area is 121 Å². The zero-order chi connectivity index (χ0) is 14.7. The van der Waals surface area contributed by atoms with Crippen LogP contribution in [0.5, 0.6) is 0 Å². The summed E-state index contributed by atoms with van der Waals surface area (Å²) in [7, 11) is 0. The van der Waals surface area contributed by atoms with Crippen molar-refractivity contribution >= 4 is 29.5 Å². The number of aromatic nitrogens is 1. The van der Waals surface area contributed by atoms with Crippen molar-refractivity contribution in [3.63, 3.8) is 0 Å². The molecular formula is C14H14ClN3O2. The molecule has 0 amide bonds. The first-order chi connectivity index (χ1) is 9.47. The Kier molecular flexibility index (Phi) is 4.10. The normalized spacial score (nSPS) is 10.9. The van der Waals surface area contributed by atoms with Crippen molar-refractivity contribution in [1.29, 1.82) is 0 Å². The number of carboxylic acids is 1. The van der Waals surface area contributed by atoms with E-state index in [9.17, 15) is 4.79 Å². The summed E-state index contributed by atoms with van der Waals surface area (Å²) in [4.78, 5) is 14.1. The Morgan fingerprint density at radius 1 is 1.40 bits per heavy atom. The fourth-order valence-electron chi connectivity index (χ4n) is 1.79. The molecule has 1 aromatic heterocycles. The Hall–Kier alpha value is -2.27. The molecule has 0 fully saturated rings. The zero-order valence-corrected chi connectivity index (χ0v) is 11.8. The number of halogens is 1. The van der Waals surface area contributed by atoms with E-state index in [0.717, 1.165) is 17.0 Å². The van der Waals surface area contributed by atoms with Crippen LogP contribution in [0.25, 0.3) is 0 Å². The van der Waals surface area contributed by atoms with E-state index in [4.69, 9.17) is 16.7 Å². The highest BCUT2D eigenvalue weighted by Crippen LogP contribution is 2.23. The van der Waals surface area contributed by atoms with Crippen LogP contribution in [-0.4, -0.2) is 22.3 Å². The van der Waals surface area contributed by atoms with Crippen molar-refractivity contribution in [3.8, 4) is 0 Å². The Balaban J connectivity index is 2.16. The lowest BCUT2D eigenvalue weighted by atomic mass is 10.2. The highest BCUT2D eigenvalue weighted by molar-refractivity contribution is 6.33. The highest BCUT2D eigenvalue weighted by Gasteiger charge is 2.06. The summed E-state index contributed by atoms with van der Waals surface area (Å²) in [6.45, 7) is 3.91. The maximum Gasteiger partial charge on any atom is 0.335 e. The fraction of sp³-hybridized carbons (Fsp3) is 0.143. The van der Waals surface area contributed by atoms with Crippen LogP contribution in [0.1, 0.15) is 27.3 Å². The summed E-state index contributed by atoms with van der Waals surface area (Å²) in [6, 6.07) is 6.38. The van der Waals surface area contributed by atoms with E-state index in [-0.39, 0.29) is 5.56 Å². The van der Waals surface area contributed by atoms with Crippen molar-refractivity contribution in [2.24, 2.45) is 5.10 Å². The second-order valence-corrected chi connectivity index (χ2v) is 4.81. The molecule has 1 aromatic carbocycles. The molecule has 3 N–H and O–H groups in total. The monoisotopic (exact) mass is 291 g/mol. The van der Waals surface area contributed by atoms with Crippen LogP contribution in [0.4, 0.5) is 5.69 Å². The molecule has 0 saturated carbocycles. The average molecular weight is 292 g/mol. The molecule has 0 radical (unpaired) electrons. The van der Waals surface area contributed by atoms with E-state index in [2.05, 4.69) is 15.5 Å². The first kappa shape index (κ1) is 14.1. The molecular weight excluding hydrogens is 278 g/mol. The molecule has 5 nitrogen and oxygen atoms in total. The number of carboxylic acid groups (broad SMARTS) is 1. The molecule has 0 aliphatic heterocycles. The summed E-state index contributed by atoms with van der Waals surface area (Å²) in [6.07, 6.45) is 1.66. The number of aryl methyl sites for hydroxylation is 2. The first-order valence-corrected chi connectivity index (χ1v) is 6.33. The zero-order valence-electron chi connectivity index (χ0n) is 11.1. The minimum atomic E-state index is -1.01. The van der Waals surface area contributed by atoms with E-state index in [1.807, 2.05) is 19.9 Å². The van der Waals surface area contributed by atoms with Crippen LogP contribution in [0.2, 0.25) is 5.02 Å². The van der Waals surface area contributed by atoms with Gasteiger partial charge in [0, 0.05) is 17.0 Å². The van der Waals surface area contributed by atoms with Crippen molar-refractivity contribution in [1.82, 2.24) is 4.98 Å². The van der Waals surface area contributed by atoms with Crippen LogP contribution < -0.4 is 5.43 Å². The fourth-order valence-corrected chi connectivity index (χ4v) is 1.95. The lowest BCUT2D eigenvalue weighted by molar-refractivity contribution is 0.0697. The van der Waals surface area contributed by atoms with Gasteiger partial charge in [-0.05, 0) is 38.1 Å². The Bertz CT molecular complexity index is 677. The number of hydrogen-bond donors (Lipinski definition) is 3. The van der Waals surface area contributed by atoms with Gasteiger partial charge in [0.15, 0.2) is 0 Å². The van der Waals surface area contributed by atoms with Crippen LogP contribution in [0.3, 0.4) is 0 Å². The van der Waals surface area contributed by atoms with Gasteiger partial charge in [-0.25, -0.2) is 4.79 Å². The topological polar surface area (TPSA) is 77.5 Å². The van der Waals surface area contributed by atoms with Crippen LogP contribution in [0.15, 0.2) is 29.4 Å². The molecule has 6 heteroatoms. The van der Waals surface area contributed by atoms with Crippen molar-refractivity contribution in [2.45, 2.75) is 13.8 Å². The SMILES string of the molecule is Cc1cc(/C=N/Nc2cc(C(=O)O)ccc2Cl)c(C)[nH]1. The Morgan fingerprint density at radius 3 is 2.75 bits per heavy atom. The molecule has 0 bridgehead atoms. The quantitative estimate of drug-likeness (QED) is 0.596. The van der Waals surface area contributed by atoms with E-state index in [1.165, 1.54) is 18.2 Å². The number of anilines is 1. The van der Waals surface area contributed by atoms with Gasteiger partial charge in [-0.15, -0.1) is 0 Å². The predicted molar refractivity (Wildman–Crippen MR) is 79.9 cm³/mol. The van der Waals surface area contributed by atoms with Crippen molar-refractivity contribution in [2.75, 3.05) is 5.43 Å². The van der Waals surface area contributed by atoms with Gasteiger partial charge in [-0.1, -0.05) is 11.6 Å². The van der Waals surface area contributed by atoms with Crippen molar-refractivity contribution in [3.05, 3.63) is 51.8 Å². The van der Waals surface area contributed by atoms with Gasteiger partial charge >= 0.3 is 5.97 Å². The molecule has 1 heterocycles. The average Bonchev–Trinajstić information content (AvgIpc) is 2.70. The number of aromatic amines is 1. The maximum atomic E-state index is 10.9. The molecule has 0 aliphatic carbocycles. The third kappa shape index (κ3) is 3.19. The highest BCUT2D eigenvalue weighted by atomic mass is 35.5. The van der Waals surface area contributed by atoms with E-state index >= 15 is 0 Å². The summed E-state index contributed by atoms with van der Waals surface area (Å²) in [5, 5.41) is 13.4. The number of nitrogens with zero attached hydrogens (tertiary/aromatic N) is 1. The van der Waals surface area contributed by atoms with Crippen LogP contribution in [0, 0.1) is 13.8 Å². The third-order valence-corrected chi connectivity index (χ3v) is 3.12. The summed E-state index contributed by atoms with van der Waals surface area (Å²) in [5.41, 5.74) is 6.38. The van der Waals surface area contributed by atoms with E-state index < -0.39 is 5.97 Å². The number of hydrazone groups is 1. The van der Waals surface area contributed by atoms with Crippen molar-refractivity contribution < 1.29 is 9.90 Å². The molecule has 2 rings (SSSR count). The maximum absolute atomic E-state index is 10.9. The van der Waals surface area contributed by atoms with E-state index in [0.29, 0.717) is 10.7 Å². The number of carbonyl (C=O) groups is 1. The standard InChI is InChI=1S/C14H14ClN3O2/c1-8-5-11(9(2)17-8)7-16-18-13-6-10(14(19)20)3-4-12(13)15/h3-7,17-18H,1-2H3,(H,19,20)/b16-7+. The molecule has 0 atom stereocenters. The minimum absolute atomic E-state index is 0.153. The molecule has 104 valence electrons. The van der Waals surface area contributed by atoms with Gasteiger partial charge in [0.1, 0.15) is 0 Å². The van der Waals surface area contributed by atoms with Gasteiger partial charge in [-0.3, -0.25) is 5.43 Å². The number of H-pyrrole nitrogens is 1. The first-order valence-electron chi connectivity index (χ1n) is 5.95. The van der Waals surface area contributed by atoms with Crippen LogP contribution in [-0.2, 0) is 0 Å². The van der Waals surface area contributed by atoms with Gasteiger partial charge in [0.05, 0.1) is 22.5 Å². The lowest BCUT2D eigenvalue weighted by Gasteiger charge is -2.04. The number of nitrogens with one attached hydrogen (secondary N) is 2. The minimum Gasteiger partial charge on any atom is -0.478 e. The summed E-state index contributed by atoms with van der Waals surface area (Å²) < 4.78 is 0. The molecule has 0 saturated heterocycles. The van der Waals surface area contributed by atoms with E-state index in [1.54, 1.807) is 6.21 Å². The molecule has 2 aromatic rings. The predicted octanol–water partition coefficient (Wildman–Crippen LogP) is 3.43. The number of benzene rings is 1. The lowest BCUT2D eigenvalue weighted by Crippen LogP contribution is -1.98. The second kappa shape index (κ2) is 5.79. The third-order valence-electron chi connectivity index (χ3n) is 2.79. The Morgan fingerprint density at radius 2 is 2.15 bits per heavy atom. The molecule has 20 heavy (non-hydrogen) atoms. The number of rotatable bonds is 4. The number of hydrogen-bond acceptors (Lipinski definition) is 3. The van der Waals surface area contributed by atoms with Gasteiger partial charge < -0.3 is 10.1 Å². The van der Waals surface area contributed by atoms with Gasteiger partial charge in [-0.2, -0.15) is 5.10 Å². The smallest absolute Gasteiger partial charge is 0.335 e. The largest absolute Gasteiger partial charge is 0.478 e.